The number of likely N-dealkylation sites (tertiary alicyclic amines) is 1. The lowest BCUT2D eigenvalue weighted by atomic mass is 10.1. The molecule has 2 rings (SSSR count). The van der Waals surface area contributed by atoms with Gasteiger partial charge in [-0.15, -0.1) is 0 Å². The van der Waals surface area contributed by atoms with E-state index in [9.17, 15) is 4.79 Å². The highest BCUT2D eigenvalue weighted by molar-refractivity contribution is 5.68. The van der Waals surface area contributed by atoms with E-state index in [0.717, 1.165) is 6.54 Å². The van der Waals surface area contributed by atoms with Gasteiger partial charge in [0.05, 0.1) is 18.7 Å². The van der Waals surface area contributed by atoms with Crippen LogP contribution in [0.4, 0.5) is 4.79 Å². The highest BCUT2D eigenvalue weighted by Gasteiger charge is 2.39. The minimum Gasteiger partial charge on any atom is -0.444 e. The minimum atomic E-state index is -0.478. The third-order valence-corrected chi connectivity index (χ3v) is 4.03. The molecule has 1 heterocycles. The number of amides is 1. The molecule has 0 aliphatic carbocycles. The monoisotopic (exact) mass is 320 g/mol. The molecule has 2 atom stereocenters. The highest BCUT2D eigenvalue weighted by Crippen LogP contribution is 2.22. The first kappa shape index (κ1) is 17.8. The van der Waals surface area contributed by atoms with Gasteiger partial charge in [0.15, 0.2) is 0 Å². The van der Waals surface area contributed by atoms with Crippen LogP contribution in [0, 0.1) is 0 Å². The third kappa shape index (κ3) is 4.94. The van der Waals surface area contributed by atoms with Crippen LogP contribution in [-0.4, -0.2) is 60.9 Å². The summed E-state index contributed by atoms with van der Waals surface area (Å²) in [6, 6.07) is 10.5. The summed E-state index contributed by atoms with van der Waals surface area (Å²) in [6.07, 6.45) is -0.272. The van der Waals surface area contributed by atoms with Crippen molar-refractivity contribution in [3.05, 3.63) is 35.9 Å². The molecule has 0 bridgehead atoms. The standard InChI is InChI=1S/C18H28N2O3/c1-18(2,3)23-17(21)20-12-15(16(13-20)22-5)19(4)11-14-9-7-6-8-10-14/h6-10,15-16H,11-13H2,1-5H3/t15?,16-/m0/s1. The van der Waals surface area contributed by atoms with Crippen LogP contribution in [0.3, 0.4) is 0 Å². The number of hydrogen-bond acceptors (Lipinski definition) is 4. The van der Waals surface area contributed by atoms with Crippen LogP contribution >= 0.6 is 0 Å². The number of benzene rings is 1. The fourth-order valence-electron chi connectivity index (χ4n) is 2.88. The normalized spacial score (nSPS) is 21.7. The fourth-order valence-corrected chi connectivity index (χ4v) is 2.88. The van der Waals surface area contributed by atoms with Gasteiger partial charge >= 0.3 is 6.09 Å². The number of rotatable bonds is 4. The number of carbonyl (C=O) groups is 1. The zero-order valence-electron chi connectivity index (χ0n) is 14.8. The average molecular weight is 320 g/mol. The molecule has 23 heavy (non-hydrogen) atoms. The first-order valence-corrected chi connectivity index (χ1v) is 8.05. The number of methoxy groups -OCH3 is 1. The molecule has 1 aliphatic rings. The largest absolute Gasteiger partial charge is 0.444 e. The molecule has 5 nitrogen and oxygen atoms in total. The molecular formula is C18H28N2O3. The number of hydrogen-bond donors (Lipinski definition) is 0. The van der Waals surface area contributed by atoms with Gasteiger partial charge in [0.2, 0.25) is 0 Å². The van der Waals surface area contributed by atoms with Gasteiger partial charge in [0.25, 0.3) is 0 Å². The maximum absolute atomic E-state index is 12.3. The van der Waals surface area contributed by atoms with Crippen LogP contribution in [-0.2, 0) is 16.0 Å². The van der Waals surface area contributed by atoms with Gasteiger partial charge in [-0.1, -0.05) is 30.3 Å². The third-order valence-electron chi connectivity index (χ3n) is 4.03. The van der Waals surface area contributed by atoms with Crippen LogP contribution in [0.1, 0.15) is 26.3 Å². The van der Waals surface area contributed by atoms with E-state index in [2.05, 4.69) is 24.1 Å². The summed E-state index contributed by atoms with van der Waals surface area (Å²) < 4.78 is 11.1. The van der Waals surface area contributed by atoms with Gasteiger partial charge in [-0.25, -0.2) is 4.79 Å². The Kier molecular flexibility index (Phi) is 5.65. The van der Waals surface area contributed by atoms with Gasteiger partial charge in [0.1, 0.15) is 5.60 Å². The van der Waals surface area contributed by atoms with E-state index in [1.54, 1.807) is 12.0 Å². The van der Waals surface area contributed by atoms with E-state index in [1.165, 1.54) is 5.56 Å². The van der Waals surface area contributed by atoms with Gasteiger partial charge in [-0.2, -0.15) is 0 Å². The number of likely N-dealkylation sites (N-methyl/N-ethyl adjacent to an activating group) is 1. The Bertz CT molecular complexity index is 513. The molecule has 0 N–H and O–H groups in total. The molecule has 1 fully saturated rings. The molecule has 0 spiro atoms. The molecule has 1 aliphatic heterocycles. The summed E-state index contributed by atoms with van der Waals surface area (Å²) in [5.41, 5.74) is 0.772. The Balaban J connectivity index is 1.99. The molecule has 1 saturated heterocycles. The maximum Gasteiger partial charge on any atom is 0.410 e. The van der Waals surface area contributed by atoms with E-state index >= 15 is 0 Å². The lowest BCUT2D eigenvalue weighted by Gasteiger charge is -2.28. The molecule has 128 valence electrons. The summed E-state index contributed by atoms with van der Waals surface area (Å²) in [4.78, 5) is 16.3. The molecule has 1 aromatic carbocycles. The van der Waals surface area contributed by atoms with Crippen LogP contribution in [0.15, 0.2) is 30.3 Å². The van der Waals surface area contributed by atoms with E-state index in [4.69, 9.17) is 9.47 Å². The molecule has 0 saturated carbocycles. The van der Waals surface area contributed by atoms with E-state index < -0.39 is 5.60 Å². The Hall–Kier alpha value is -1.59. The van der Waals surface area contributed by atoms with Crippen molar-refractivity contribution >= 4 is 6.09 Å². The summed E-state index contributed by atoms with van der Waals surface area (Å²) >= 11 is 0. The topological polar surface area (TPSA) is 42.0 Å². The van der Waals surface area contributed by atoms with Crippen molar-refractivity contribution in [3.8, 4) is 0 Å². The van der Waals surface area contributed by atoms with E-state index in [0.29, 0.717) is 13.1 Å². The van der Waals surface area contributed by atoms with Crippen molar-refractivity contribution in [3.63, 3.8) is 0 Å². The van der Waals surface area contributed by atoms with Crippen LogP contribution < -0.4 is 0 Å². The Labute approximate surface area is 139 Å². The Morgan fingerprint density at radius 1 is 1.26 bits per heavy atom. The van der Waals surface area contributed by atoms with Crippen molar-refractivity contribution in [1.29, 1.82) is 0 Å². The first-order valence-electron chi connectivity index (χ1n) is 8.05. The quantitative estimate of drug-likeness (QED) is 0.855. The predicted molar refractivity (Wildman–Crippen MR) is 90.3 cm³/mol. The van der Waals surface area contributed by atoms with Crippen molar-refractivity contribution in [2.24, 2.45) is 0 Å². The molecule has 1 unspecified atom stereocenters. The van der Waals surface area contributed by atoms with E-state index in [1.807, 2.05) is 39.0 Å². The number of ether oxygens (including phenoxy) is 2. The van der Waals surface area contributed by atoms with Crippen LogP contribution in [0.25, 0.3) is 0 Å². The zero-order valence-corrected chi connectivity index (χ0v) is 14.8. The zero-order chi connectivity index (χ0) is 17.0. The lowest BCUT2D eigenvalue weighted by molar-refractivity contribution is 0.0248. The second-order valence-corrected chi connectivity index (χ2v) is 7.13. The summed E-state index contributed by atoms with van der Waals surface area (Å²) in [5.74, 6) is 0. The summed E-state index contributed by atoms with van der Waals surface area (Å²) in [5, 5.41) is 0. The molecule has 1 aromatic rings. The van der Waals surface area contributed by atoms with Crippen molar-refractivity contribution in [2.45, 2.75) is 45.1 Å². The average Bonchev–Trinajstić information content (AvgIpc) is 2.91. The van der Waals surface area contributed by atoms with Gasteiger partial charge in [0, 0.05) is 20.2 Å². The molecular weight excluding hydrogens is 292 g/mol. The van der Waals surface area contributed by atoms with Crippen LogP contribution in [0.2, 0.25) is 0 Å². The SMILES string of the molecule is CO[C@H]1CN(C(=O)OC(C)(C)C)CC1N(C)Cc1ccccc1. The second kappa shape index (κ2) is 7.32. The lowest BCUT2D eigenvalue weighted by Crippen LogP contribution is -2.41. The van der Waals surface area contributed by atoms with Crippen molar-refractivity contribution < 1.29 is 14.3 Å². The van der Waals surface area contributed by atoms with E-state index in [-0.39, 0.29) is 18.2 Å². The van der Waals surface area contributed by atoms with Crippen LogP contribution in [0.5, 0.6) is 0 Å². The second-order valence-electron chi connectivity index (χ2n) is 7.13. The van der Waals surface area contributed by atoms with Gasteiger partial charge in [-0.05, 0) is 33.4 Å². The van der Waals surface area contributed by atoms with Crippen molar-refractivity contribution in [1.82, 2.24) is 9.80 Å². The molecule has 0 radical (unpaired) electrons. The minimum absolute atomic E-state index is 0.00349. The fraction of sp³-hybridized carbons (Fsp3) is 0.611. The molecule has 0 aromatic heterocycles. The Morgan fingerprint density at radius 2 is 1.91 bits per heavy atom. The van der Waals surface area contributed by atoms with Gasteiger partial charge < -0.3 is 14.4 Å². The predicted octanol–water partition coefficient (Wildman–Crippen LogP) is 2.75. The smallest absolute Gasteiger partial charge is 0.410 e. The highest BCUT2D eigenvalue weighted by atomic mass is 16.6. The Morgan fingerprint density at radius 3 is 2.48 bits per heavy atom. The maximum atomic E-state index is 12.3. The summed E-state index contributed by atoms with van der Waals surface area (Å²) in [6.45, 7) is 7.66. The first-order chi connectivity index (χ1) is 10.8. The van der Waals surface area contributed by atoms with Gasteiger partial charge in [-0.3, -0.25) is 4.90 Å². The molecule has 5 heteroatoms. The summed E-state index contributed by atoms with van der Waals surface area (Å²) in [7, 11) is 3.77. The number of carbonyl (C=O) groups excluding carboxylic acids is 1. The number of nitrogens with zero attached hydrogens (tertiary/aromatic N) is 2. The van der Waals surface area contributed by atoms with Crippen molar-refractivity contribution in [2.75, 3.05) is 27.2 Å². The molecule has 1 amide bonds.